The fraction of sp³-hybridized carbons (Fsp3) is 0.471. The molecule has 0 atom stereocenters. The summed E-state index contributed by atoms with van der Waals surface area (Å²) in [5.41, 5.74) is 0.669. The van der Waals surface area contributed by atoms with Crippen LogP contribution in [0.1, 0.15) is 24.8 Å². The number of carbonyl (C=O) groups is 1. The van der Waals surface area contributed by atoms with Gasteiger partial charge < -0.3 is 29.6 Å². The van der Waals surface area contributed by atoms with Gasteiger partial charge in [0, 0.05) is 38.9 Å². The van der Waals surface area contributed by atoms with Gasteiger partial charge in [0.2, 0.25) is 6.79 Å². The van der Waals surface area contributed by atoms with Gasteiger partial charge in [-0.25, -0.2) is 4.79 Å². The zero-order valence-corrected chi connectivity index (χ0v) is 14.9. The first-order valence-electron chi connectivity index (χ1n) is 8.44. The van der Waals surface area contributed by atoms with Gasteiger partial charge >= 0.3 is 5.97 Å². The third kappa shape index (κ3) is 3.26. The quantitative estimate of drug-likeness (QED) is 0.766. The second-order valence-corrected chi connectivity index (χ2v) is 7.01. The Hall–Kier alpha value is -2.55. The van der Waals surface area contributed by atoms with Crippen LogP contribution in [0.25, 0.3) is 0 Å². The number of hydrogen-bond acceptors (Lipinski definition) is 6. The predicted molar refractivity (Wildman–Crippen MR) is 96.3 cm³/mol. The van der Waals surface area contributed by atoms with E-state index >= 15 is 0 Å². The lowest BCUT2D eigenvalue weighted by Crippen LogP contribution is -2.49. The molecular formula is C17H19N3O5S. The summed E-state index contributed by atoms with van der Waals surface area (Å²) in [5, 5.41) is 16.7. The number of benzene rings is 1. The zero-order chi connectivity index (χ0) is 18.1. The summed E-state index contributed by atoms with van der Waals surface area (Å²) in [6, 6.07) is 5.82. The molecule has 3 heterocycles. The van der Waals surface area contributed by atoms with Crippen molar-refractivity contribution < 1.29 is 24.2 Å². The second kappa shape index (κ2) is 6.64. The summed E-state index contributed by atoms with van der Waals surface area (Å²) in [5.74, 6) is 0.505. The second-order valence-electron chi connectivity index (χ2n) is 6.63. The molecule has 1 aromatic carbocycles. The van der Waals surface area contributed by atoms with Gasteiger partial charge in [-0.15, -0.1) is 0 Å². The van der Waals surface area contributed by atoms with Gasteiger partial charge in [0.25, 0.3) is 0 Å². The Morgan fingerprint density at radius 1 is 1.31 bits per heavy atom. The first kappa shape index (κ1) is 16.9. The number of ether oxygens (including phenoxy) is 2. The Morgan fingerprint density at radius 2 is 2.08 bits per heavy atom. The minimum absolute atomic E-state index is 0.0990. The van der Waals surface area contributed by atoms with Crippen LogP contribution in [0.15, 0.2) is 23.4 Å². The van der Waals surface area contributed by atoms with Crippen LogP contribution in [0.4, 0.5) is 0 Å². The molecule has 1 aromatic rings. The minimum Gasteiger partial charge on any atom is -0.477 e. The molecule has 2 N–H and O–H groups in total. The average Bonchev–Trinajstić information content (AvgIpc) is 3.27. The van der Waals surface area contributed by atoms with E-state index in [-0.39, 0.29) is 12.5 Å². The molecular weight excluding hydrogens is 358 g/mol. The van der Waals surface area contributed by atoms with Crippen molar-refractivity contribution in [2.24, 2.45) is 5.16 Å². The Bertz CT molecular complexity index is 774. The van der Waals surface area contributed by atoms with E-state index in [4.69, 9.17) is 31.6 Å². The number of aliphatic carboxylic acids is 1. The molecule has 1 spiro atoms. The van der Waals surface area contributed by atoms with Crippen LogP contribution in [-0.4, -0.2) is 52.3 Å². The van der Waals surface area contributed by atoms with Crippen molar-refractivity contribution in [1.82, 2.24) is 10.2 Å². The third-order valence-corrected chi connectivity index (χ3v) is 5.33. The van der Waals surface area contributed by atoms with Crippen LogP contribution >= 0.6 is 12.2 Å². The first-order chi connectivity index (χ1) is 12.5. The fourth-order valence-corrected chi connectivity index (χ4v) is 3.62. The number of nitrogens with one attached hydrogen (secondary N) is 1. The Morgan fingerprint density at radius 3 is 2.81 bits per heavy atom. The van der Waals surface area contributed by atoms with Crippen molar-refractivity contribution in [2.45, 2.75) is 31.4 Å². The molecule has 0 aliphatic carbocycles. The number of carboxylic acid groups (broad SMARTS) is 1. The number of piperidine rings is 1. The summed E-state index contributed by atoms with van der Waals surface area (Å²) < 4.78 is 10.7. The molecule has 0 radical (unpaired) electrons. The summed E-state index contributed by atoms with van der Waals surface area (Å²) in [7, 11) is 0. The lowest BCUT2D eigenvalue weighted by atomic mass is 9.87. The van der Waals surface area contributed by atoms with Gasteiger partial charge in [0.05, 0.1) is 0 Å². The molecule has 3 aliphatic heterocycles. The van der Waals surface area contributed by atoms with Crippen LogP contribution in [0.5, 0.6) is 11.5 Å². The third-order valence-electron chi connectivity index (χ3n) is 4.93. The van der Waals surface area contributed by atoms with Crippen LogP contribution in [0.2, 0.25) is 0 Å². The molecule has 1 saturated heterocycles. The van der Waals surface area contributed by atoms with Crippen molar-refractivity contribution in [1.29, 1.82) is 0 Å². The van der Waals surface area contributed by atoms with E-state index in [1.165, 1.54) is 0 Å². The Labute approximate surface area is 155 Å². The molecule has 4 rings (SSSR count). The highest BCUT2D eigenvalue weighted by atomic mass is 32.1. The minimum atomic E-state index is -1.01. The fourth-order valence-electron chi connectivity index (χ4n) is 3.36. The summed E-state index contributed by atoms with van der Waals surface area (Å²) in [4.78, 5) is 18.5. The van der Waals surface area contributed by atoms with Crippen LogP contribution in [0.3, 0.4) is 0 Å². The normalized spacial score (nSPS) is 19.8. The molecule has 0 amide bonds. The van der Waals surface area contributed by atoms with E-state index in [1.54, 1.807) is 0 Å². The van der Waals surface area contributed by atoms with Crippen molar-refractivity contribution >= 4 is 29.0 Å². The average molecular weight is 377 g/mol. The van der Waals surface area contributed by atoms with Crippen LogP contribution < -0.4 is 14.8 Å². The van der Waals surface area contributed by atoms with Gasteiger partial charge in [-0.3, -0.25) is 0 Å². The first-order valence-corrected chi connectivity index (χ1v) is 8.85. The maximum absolute atomic E-state index is 11.0. The van der Waals surface area contributed by atoms with Crippen molar-refractivity contribution in [3.05, 3.63) is 23.8 Å². The molecule has 0 aromatic heterocycles. The number of nitrogens with zero attached hydrogens (tertiary/aromatic N) is 2. The van der Waals surface area contributed by atoms with Gasteiger partial charge in [-0.1, -0.05) is 11.2 Å². The van der Waals surface area contributed by atoms with Crippen molar-refractivity contribution in [3.8, 4) is 11.5 Å². The van der Waals surface area contributed by atoms with Crippen molar-refractivity contribution in [2.75, 3.05) is 19.9 Å². The molecule has 0 unspecified atom stereocenters. The molecule has 3 aliphatic rings. The van der Waals surface area contributed by atoms with Gasteiger partial charge in [0.15, 0.2) is 22.3 Å². The maximum Gasteiger partial charge on any atom is 0.353 e. The monoisotopic (exact) mass is 377 g/mol. The van der Waals surface area contributed by atoms with Gasteiger partial charge in [0.1, 0.15) is 5.60 Å². The lowest BCUT2D eigenvalue weighted by molar-refractivity contribution is -0.129. The number of fused-ring (bicyclic) bond motifs is 1. The van der Waals surface area contributed by atoms with Crippen molar-refractivity contribution in [3.63, 3.8) is 0 Å². The molecule has 8 nitrogen and oxygen atoms in total. The van der Waals surface area contributed by atoms with E-state index in [9.17, 15) is 4.79 Å². The molecule has 26 heavy (non-hydrogen) atoms. The Balaban J connectivity index is 1.27. The number of likely N-dealkylation sites (tertiary alicyclic amines) is 1. The number of rotatable bonds is 3. The standard InChI is InChI=1S/C17H19N3O5S/c21-15(22)12-8-17(25-19-12)3-5-20(6-4-17)16(26)18-9-11-1-2-13-14(7-11)24-10-23-13/h1-2,7H,3-6,8-10H2,(H,18,26)(H,21,22). The van der Waals surface area contributed by atoms with E-state index in [1.807, 2.05) is 18.2 Å². The van der Waals surface area contributed by atoms with E-state index in [2.05, 4.69) is 15.4 Å². The summed E-state index contributed by atoms with van der Waals surface area (Å²) in [6.45, 7) is 2.26. The van der Waals surface area contributed by atoms with Crippen LogP contribution in [0, 0.1) is 0 Å². The highest BCUT2D eigenvalue weighted by molar-refractivity contribution is 7.80. The highest BCUT2D eigenvalue weighted by Crippen LogP contribution is 2.35. The molecule has 138 valence electrons. The lowest BCUT2D eigenvalue weighted by Gasteiger charge is -2.38. The SMILES string of the molecule is O=C(O)C1=NOC2(CCN(C(=S)NCc3ccc4c(c3)OCO4)CC2)C1. The van der Waals surface area contributed by atoms with E-state index < -0.39 is 11.6 Å². The topological polar surface area (TPSA) is 92.6 Å². The van der Waals surface area contributed by atoms with Gasteiger partial charge in [-0.05, 0) is 29.9 Å². The van der Waals surface area contributed by atoms with E-state index in [0.717, 1.165) is 17.1 Å². The summed E-state index contributed by atoms with van der Waals surface area (Å²) in [6.07, 6.45) is 1.74. The number of oxime groups is 1. The number of hydrogen-bond donors (Lipinski definition) is 2. The predicted octanol–water partition coefficient (Wildman–Crippen LogP) is 1.49. The Kier molecular flexibility index (Phi) is 4.31. The molecule has 1 fully saturated rings. The zero-order valence-electron chi connectivity index (χ0n) is 14.1. The molecule has 0 bridgehead atoms. The van der Waals surface area contributed by atoms with E-state index in [0.29, 0.717) is 44.0 Å². The van der Waals surface area contributed by atoms with Gasteiger partial charge in [-0.2, -0.15) is 0 Å². The summed E-state index contributed by atoms with van der Waals surface area (Å²) >= 11 is 5.50. The number of carboxylic acids is 1. The molecule has 9 heteroatoms. The number of thiocarbonyl (C=S) groups is 1. The maximum atomic E-state index is 11.0. The highest BCUT2D eigenvalue weighted by Gasteiger charge is 2.44. The molecule has 0 saturated carbocycles. The smallest absolute Gasteiger partial charge is 0.353 e. The largest absolute Gasteiger partial charge is 0.477 e. The van der Waals surface area contributed by atoms with Crippen LogP contribution in [-0.2, 0) is 16.2 Å².